The molecule has 0 aromatic rings. The van der Waals surface area contributed by atoms with Gasteiger partial charge in [0.2, 0.25) is 5.91 Å². The van der Waals surface area contributed by atoms with E-state index in [1.54, 1.807) is 6.92 Å². The summed E-state index contributed by atoms with van der Waals surface area (Å²) in [5.41, 5.74) is 5.15. The fourth-order valence-electron chi connectivity index (χ4n) is 1.71. The number of carbonyl (C=O) groups is 1. The van der Waals surface area contributed by atoms with Crippen LogP contribution in [-0.4, -0.2) is 49.1 Å². The molecular formula is C9H16F2N2O2. The molecule has 15 heavy (non-hydrogen) atoms. The Balaban J connectivity index is 2.61. The highest BCUT2D eigenvalue weighted by Gasteiger charge is 2.46. The van der Waals surface area contributed by atoms with Gasteiger partial charge in [0, 0.05) is 13.0 Å². The van der Waals surface area contributed by atoms with E-state index >= 15 is 0 Å². The second kappa shape index (κ2) is 4.85. The molecule has 1 fully saturated rings. The first-order valence-corrected chi connectivity index (χ1v) is 4.95. The second-order valence-electron chi connectivity index (χ2n) is 3.60. The van der Waals surface area contributed by atoms with Crippen molar-refractivity contribution in [3.63, 3.8) is 0 Å². The van der Waals surface area contributed by atoms with Crippen LogP contribution in [0.15, 0.2) is 0 Å². The average Bonchev–Trinajstić information content (AvgIpc) is 2.49. The normalized spacial score (nSPS) is 24.5. The Kier molecular flexibility index (Phi) is 3.98. The minimum atomic E-state index is -2.81. The summed E-state index contributed by atoms with van der Waals surface area (Å²) in [5, 5.41) is 0. The van der Waals surface area contributed by atoms with Gasteiger partial charge in [0.1, 0.15) is 0 Å². The third-order valence-corrected chi connectivity index (χ3v) is 2.39. The number of nitrogens with two attached hydrogens (primary N) is 1. The predicted octanol–water partition coefficient (Wildman–Crippen LogP) is 0.218. The molecule has 2 N–H and O–H groups in total. The molecule has 1 aliphatic rings. The zero-order valence-corrected chi connectivity index (χ0v) is 8.71. The van der Waals surface area contributed by atoms with Crippen molar-refractivity contribution in [3.8, 4) is 0 Å². The molecule has 1 rings (SSSR count). The lowest BCUT2D eigenvalue weighted by molar-refractivity contribution is -0.132. The summed E-state index contributed by atoms with van der Waals surface area (Å²) >= 11 is 0. The number of carbonyl (C=O) groups excluding carboxylic acids is 1. The SMILES string of the molecule is CCOC[C@H]1CC(F)(F)CN1C(=O)CN. The van der Waals surface area contributed by atoms with Gasteiger partial charge in [0.25, 0.3) is 5.92 Å². The van der Waals surface area contributed by atoms with E-state index in [-0.39, 0.29) is 19.6 Å². The maximum absolute atomic E-state index is 13.1. The Morgan fingerprint density at radius 3 is 2.87 bits per heavy atom. The molecule has 6 heteroatoms. The van der Waals surface area contributed by atoms with E-state index < -0.39 is 24.4 Å². The van der Waals surface area contributed by atoms with Gasteiger partial charge in [-0.1, -0.05) is 0 Å². The van der Waals surface area contributed by atoms with Gasteiger partial charge >= 0.3 is 0 Å². The second-order valence-corrected chi connectivity index (χ2v) is 3.60. The third-order valence-electron chi connectivity index (χ3n) is 2.39. The summed E-state index contributed by atoms with van der Waals surface area (Å²) in [7, 11) is 0. The zero-order valence-electron chi connectivity index (χ0n) is 8.71. The molecule has 1 amide bonds. The number of halogens is 2. The Morgan fingerprint density at radius 2 is 2.33 bits per heavy atom. The Labute approximate surface area is 87.4 Å². The van der Waals surface area contributed by atoms with Crippen molar-refractivity contribution in [3.05, 3.63) is 0 Å². The molecule has 0 unspecified atom stereocenters. The van der Waals surface area contributed by atoms with Gasteiger partial charge in [0.05, 0.1) is 25.7 Å². The van der Waals surface area contributed by atoms with Crippen molar-refractivity contribution < 1.29 is 18.3 Å². The van der Waals surface area contributed by atoms with Crippen LogP contribution in [0.25, 0.3) is 0 Å². The topological polar surface area (TPSA) is 55.6 Å². The highest BCUT2D eigenvalue weighted by Crippen LogP contribution is 2.31. The third kappa shape index (κ3) is 3.10. The summed E-state index contributed by atoms with van der Waals surface area (Å²) in [4.78, 5) is 12.4. The molecule has 1 heterocycles. The fraction of sp³-hybridized carbons (Fsp3) is 0.889. The summed E-state index contributed by atoms with van der Waals surface area (Å²) in [6.07, 6.45) is -0.335. The quantitative estimate of drug-likeness (QED) is 0.740. The van der Waals surface area contributed by atoms with Crippen LogP contribution in [0.4, 0.5) is 8.78 Å². The Morgan fingerprint density at radius 1 is 1.67 bits per heavy atom. The standard InChI is InChI=1S/C9H16F2N2O2/c1-2-15-5-7-3-9(10,11)6-13(7)8(14)4-12/h7H,2-6,12H2,1H3/t7-/m1/s1. The maximum Gasteiger partial charge on any atom is 0.267 e. The number of hydrogen-bond donors (Lipinski definition) is 1. The van der Waals surface area contributed by atoms with Crippen LogP contribution >= 0.6 is 0 Å². The molecule has 88 valence electrons. The number of rotatable bonds is 4. The van der Waals surface area contributed by atoms with Crippen molar-refractivity contribution in [1.82, 2.24) is 4.90 Å². The predicted molar refractivity (Wildman–Crippen MR) is 50.6 cm³/mol. The van der Waals surface area contributed by atoms with E-state index in [4.69, 9.17) is 10.5 Å². The zero-order chi connectivity index (χ0) is 11.5. The van der Waals surface area contributed by atoms with Gasteiger partial charge in [-0.25, -0.2) is 8.78 Å². The molecule has 0 aromatic carbocycles. The van der Waals surface area contributed by atoms with Crippen LogP contribution in [0.5, 0.6) is 0 Å². The number of nitrogens with zero attached hydrogens (tertiary/aromatic N) is 1. The lowest BCUT2D eigenvalue weighted by Gasteiger charge is -2.22. The van der Waals surface area contributed by atoms with E-state index in [9.17, 15) is 13.6 Å². The summed E-state index contributed by atoms with van der Waals surface area (Å²) in [5.74, 6) is -3.26. The van der Waals surface area contributed by atoms with Crippen molar-refractivity contribution >= 4 is 5.91 Å². The van der Waals surface area contributed by atoms with E-state index in [1.165, 1.54) is 0 Å². The summed E-state index contributed by atoms with van der Waals surface area (Å²) < 4.78 is 31.2. The summed E-state index contributed by atoms with van der Waals surface area (Å²) in [6, 6.07) is -0.545. The molecule has 0 saturated carbocycles. The number of ether oxygens (including phenoxy) is 1. The van der Waals surface area contributed by atoms with Gasteiger partial charge in [-0.3, -0.25) is 4.79 Å². The van der Waals surface area contributed by atoms with Gasteiger partial charge in [0.15, 0.2) is 0 Å². The molecule has 1 saturated heterocycles. The van der Waals surface area contributed by atoms with Crippen molar-refractivity contribution in [1.29, 1.82) is 0 Å². The molecule has 4 nitrogen and oxygen atoms in total. The highest BCUT2D eigenvalue weighted by atomic mass is 19.3. The average molecular weight is 222 g/mol. The van der Waals surface area contributed by atoms with Crippen LogP contribution in [-0.2, 0) is 9.53 Å². The summed E-state index contributed by atoms with van der Waals surface area (Å²) in [6.45, 7) is 1.60. The van der Waals surface area contributed by atoms with Gasteiger partial charge in [-0.05, 0) is 6.92 Å². The highest BCUT2D eigenvalue weighted by molar-refractivity contribution is 5.78. The number of alkyl halides is 2. The lowest BCUT2D eigenvalue weighted by atomic mass is 10.2. The first-order valence-electron chi connectivity index (χ1n) is 4.95. The van der Waals surface area contributed by atoms with Crippen molar-refractivity contribution in [2.45, 2.75) is 25.3 Å². The minimum Gasteiger partial charge on any atom is -0.380 e. The van der Waals surface area contributed by atoms with Gasteiger partial charge in [-0.2, -0.15) is 0 Å². The number of amides is 1. The first-order chi connectivity index (χ1) is 7.00. The first kappa shape index (κ1) is 12.3. The minimum absolute atomic E-state index is 0.151. The molecule has 1 aliphatic heterocycles. The fourth-order valence-corrected chi connectivity index (χ4v) is 1.71. The van der Waals surface area contributed by atoms with Gasteiger partial charge in [-0.15, -0.1) is 0 Å². The van der Waals surface area contributed by atoms with Crippen LogP contribution in [0.2, 0.25) is 0 Å². The smallest absolute Gasteiger partial charge is 0.267 e. The molecule has 1 atom stereocenters. The monoisotopic (exact) mass is 222 g/mol. The molecule has 0 aromatic heterocycles. The van der Waals surface area contributed by atoms with Crippen LogP contribution in [0.3, 0.4) is 0 Å². The number of hydrogen-bond acceptors (Lipinski definition) is 3. The Hall–Kier alpha value is -0.750. The molecule has 0 bridgehead atoms. The Bertz CT molecular complexity index is 236. The van der Waals surface area contributed by atoms with E-state index in [1.807, 2.05) is 0 Å². The number of likely N-dealkylation sites (tertiary alicyclic amines) is 1. The molecule has 0 aliphatic carbocycles. The van der Waals surface area contributed by atoms with Gasteiger partial charge < -0.3 is 15.4 Å². The largest absolute Gasteiger partial charge is 0.380 e. The van der Waals surface area contributed by atoms with Crippen LogP contribution in [0.1, 0.15) is 13.3 Å². The maximum atomic E-state index is 13.1. The van der Waals surface area contributed by atoms with Crippen LogP contribution in [0, 0.1) is 0 Å². The molecule has 0 radical (unpaired) electrons. The van der Waals surface area contributed by atoms with Crippen molar-refractivity contribution in [2.24, 2.45) is 5.73 Å². The van der Waals surface area contributed by atoms with E-state index in [0.717, 1.165) is 4.90 Å². The van der Waals surface area contributed by atoms with E-state index in [0.29, 0.717) is 6.61 Å². The van der Waals surface area contributed by atoms with E-state index in [2.05, 4.69) is 0 Å². The molecular weight excluding hydrogens is 206 g/mol. The van der Waals surface area contributed by atoms with Crippen molar-refractivity contribution in [2.75, 3.05) is 26.3 Å². The van der Waals surface area contributed by atoms with Crippen LogP contribution < -0.4 is 5.73 Å². The lowest BCUT2D eigenvalue weighted by Crippen LogP contribution is -2.42. The molecule has 0 spiro atoms.